The number of nitrogens with zero attached hydrogens (tertiary/aromatic N) is 1. The van der Waals surface area contributed by atoms with Crippen molar-refractivity contribution >= 4 is 0 Å². The van der Waals surface area contributed by atoms with Crippen molar-refractivity contribution in [3.63, 3.8) is 0 Å². The van der Waals surface area contributed by atoms with Gasteiger partial charge in [0, 0.05) is 12.0 Å². The Morgan fingerprint density at radius 3 is 2.58 bits per heavy atom. The fourth-order valence-electron chi connectivity index (χ4n) is 2.45. The molecule has 0 bridgehead atoms. The molecule has 0 N–H and O–H groups in total. The van der Waals surface area contributed by atoms with Crippen LogP contribution >= 0.6 is 0 Å². The molecule has 1 heterocycles. The molecule has 3 nitrogen and oxygen atoms in total. The highest BCUT2D eigenvalue weighted by Crippen LogP contribution is 2.22. The van der Waals surface area contributed by atoms with Crippen molar-refractivity contribution in [2.45, 2.75) is 20.3 Å². The van der Waals surface area contributed by atoms with E-state index >= 15 is 0 Å². The smallest absolute Gasteiger partial charge is 0.226 e. The fourth-order valence-corrected chi connectivity index (χ4v) is 2.45. The van der Waals surface area contributed by atoms with E-state index in [1.807, 2.05) is 68.4 Å². The largest absolute Gasteiger partial charge is 0.492 e. The van der Waals surface area contributed by atoms with Crippen LogP contribution in [0.5, 0.6) is 5.75 Å². The van der Waals surface area contributed by atoms with Crippen LogP contribution in [-0.2, 0) is 6.42 Å². The molecule has 0 saturated carbocycles. The lowest BCUT2D eigenvalue weighted by Gasteiger charge is -2.07. The lowest BCUT2D eigenvalue weighted by molar-refractivity contribution is 0.319. The number of para-hydroxylation sites is 1. The van der Waals surface area contributed by atoms with E-state index in [4.69, 9.17) is 9.15 Å². The fraction of sp³-hybridized carbons (Fsp3) is 0.190. The highest BCUT2D eigenvalue weighted by atomic mass is 16.5. The Bertz CT molecular complexity index is 870. The Morgan fingerprint density at radius 2 is 1.79 bits per heavy atom. The number of hydrogen-bond acceptors (Lipinski definition) is 3. The quantitative estimate of drug-likeness (QED) is 0.643. The van der Waals surface area contributed by atoms with Crippen molar-refractivity contribution in [3.05, 3.63) is 71.6 Å². The van der Waals surface area contributed by atoms with Crippen molar-refractivity contribution in [2.75, 3.05) is 6.61 Å². The molecule has 120 valence electrons. The first-order chi connectivity index (χ1) is 11.8. The van der Waals surface area contributed by atoms with Crippen molar-refractivity contribution < 1.29 is 9.15 Å². The van der Waals surface area contributed by atoms with Gasteiger partial charge in [-0.15, -0.1) is 5.92 Å². The van der Waals surface area contributed by atoms with Gasteiger partial charge in [-0.3, -0.25) is 0 Å². The number of aryl methyl sites for hydroxylation is 1. The predicted molar refractivity (Wildman–Crippen MR) is 94.9 cm³/mol. The van der Waals surface area contributed by atoms with Gasteiger partial charge in [-0.1, -0.05) is 36.3 Å². The normalized spacial score (nSPS) is 10.1. The van der Waals surface area contributed by atoms with Gasteiger partial charge in [-0.25, -0.2) is 4.98 Å². The third kappa shape index (κ3) is 3.67. The second kappa shape index (κ2) is 7.52. The zero-order chi connectivity index (χ0) is 16.8. The average molecular weight is 317 g/mol. The lowest BCUT2D eigenvalue weighted by Crippen LogP contribution is -2.03. The third-order valence-corrected chi connectivity index (χ3v) is 3.66. The van der Waals surface area contributed by atoms with Gasteiger partial charge in [0.15, 0.2) is 0 Å². The molecule has 3 heteroatoms. The van der Waals surface area contributed by atoms with Gasteiger partial charge in [-0.2, -0.15) is 0 Å². The van der Waals surface area contributed by atoms with E-state index in [0.29, 0.717) is 18.9 Å². The minimum absolute atomic E-state index is 0.532. The molecule has 3 rings (SSSR count). The maximum absolute atomic E-state index is 5.88. The summed E-state index contributed by atoms with van der Waals surface area (Å²) in [4.78, 5) is 4.60. The van der Waals surface area contributed by atoms with Crippen LogP contribution in [0.15, 0.2) is 59.0 Å². The highest BCUT2D eigenvalue weighted by molar-refractivity contribution is 5.53. The summed E-state index contributed by atoms with van der Waals surface area (Å²) >= 11 is 0. The van der Waals surface area contributed by atoms with Crippen molar-refractivity contribution in [2.24, 2.45) is 0 Å². The van der Waals surface area contributed by atoms with Crippen LogP contribution in [0.25, 0.3) is 11.5 Å². The van der Waals surface area contributed by atoms with Crippen LogP contribution in [0, 0.1) is 18.8 Å². The number of benzene rings is 2. The molecule has 0 saturated heterocycles. The molecule has 24 heavy (non-hydrogen) atoms. The predicted octanol–water partition coefficient (Wildman–Crippen LogP) is 4.64. The van der Waals surface area contributed by atoms with Crippen molar-refractivity contribution in [1.82, 2.24) is 4.98 Å². The molecule has 0 spiro atoms. The van der Waals surface area contributed by atoms with Gasteiger partial charge < -0.3 is 9.15 Å². The van der Waals surface area contributed by atoms with E-state index in [0.717, 1.165) is 28.3 Å². The summed E-state index contributed by atoms with van der Waals surface area (Å²) in [5, 5.41) is 0. The molecule has 0 aliphatic heterocycles. The molecule has 0 aliphatic carbocycles. The van der Waals surface area contributed by atoms with E-state index in [2.05, 4.69) is 16.8 Å². The summed E-state index contributed by atoms with van der Waals surface area (Å²) in [6.07, 6.45) is 0.691. The molecule has 2 aromatic carbocycles. The molecule has 0 amide bonds. The van der Waals surface area contributed by atoms with Gasteiger partial charge in [0.25, 0.3) is 0 Å². The van der Waals surface area contributed by atoms with E-state index < -0.39 is 0 Å². The average Bonchev–Trinajstić information content (AvgIpc) is 2.98. The lowest BCUT2D eigenvalue weighted by atomic mass is 10.2. The van der Waals surface area contributed by atoms with E-state index in [-0.39, 0.29) is 0 Å². The molecule has 0 aliphatic rings. The molecular formula is C21H19NO2. The standard InChI is InChI=1S/C21H19NO2/c1-3-9-17-10-7-8-13-20(17)23-15-14-19-16(2)24-21(22-19)18-11-5-4-6-12-18/h4-8,10-13H,14-15H2,1-2H3. The Labute approximate surface area is 142 Å². The van der Waals surface area contributed by atoms with Gasteiger partial charge in [-0.05, 0) is 38.1 Å². The third-order valence-electron chi connectivity index (χ3n) is 3.66. The summed E-state index contributed by atoms with van der Waals surface area (Å²) in [6, 6.07) is 17.7. The van der Waals surface area contributed by atoms with Gasteiger partial charge in [0.1, 0.15) is 11.5 Å². The number of oxazole rings is 1. The molecule has 0 fully saturated rings. The van der Waals surface area contributed by atoms with E-state index in [1.54, 1.807) is 0 Å². The van der Waals surface area contributed by atoms with Crippen LogP contribution in [0.2, 0.25) is 0 Å². The zero-order valence-corrected chi connectivity index (χ0v) is 13.9. The second-order valence-electron chi connectivity index (χ2n) is 5.36. The van der Waals surface area contributed by atoms with Crippen LogP contribution in [0.4, 0.5) is 0 Å². The molecule has 1 aromatic heterocycles. The number of ether oxygens (including phenoxy) is 1. The van der Waals surface area contributed by atoms with E-state index in [9.17, 15) is 0 Å². The van der Waals surface area contributed by atoms with Crippen LogP contribution in [0.3, 0.4) is 0 Å². The second-order valence-corrected chi connectivity index (χ2v) is 5.36. The Morgan fingerprint density at radius 1 is 1.04 bits per heavy atom. The summed E-state index contributed by atoms with van der Waals surface area (Å²) in [6.45, 7) is 4.29. The minimum atomic E-state index is 0.532. The number of aromatic nitrogens is 1. The molecule has 3 aromatic rings. The first-order valence-electron chi connectivity index (χ1n) is 7.94. The number of rotatable bonds is 5. The SMILES string of the molecule is CC#Cc1ccccc1OCCc1nc(-c2ccccc2)oc1C. The zero-order valence-electron chi connectivity index (χ0n) is 13.9. The monoisotopic (exact) mass is 317 g/mol. The van der Waals surface area contributed by atoms with E-state index in [1.165, 1.54) is 0 Å². The first kappa shape index (κ1) is 15.9. The Hall–Kier alpha value is -2.99. The van der Waals surface area contributed by atoms with Crippen molar-refractivity contribution in [3.8, 4) is 29.0 Å². The maximum Gasteiger partial charge on any atom is 0.226 e. The maximum atomic E-state index is 5.88. The minimum Gasteiger partial charge on any atom is -0.492 e. The first-order valence-corrected chi connectivity index (χ1v) is 7.94. The van der Waals surface area contributed by atoms with Crippen LogP contribution in [0.1, 0.15) is 23.9 Å². The molecule has 0 radical (unpaired) electrons. The summed E-state index contributed by atoms with van der Waals surface area (Å²) in [7, 11) is 0. The molecular weight excluding hydrogens is 298 g/mol. The molecule has 0 unspecified atom stereocenters. The van der Waals surface area contributed by atoms with Crippen LogP contribution < -0.4 is 4.74 Å². The number of hydrogen-bond donors (Lipinski definition) is 0. The Balaban J connectivity index is 1.67. The Kier molecular flexibility index (Phi) is 4.98. The topological polar surface area (TPSA) is 35.3 Å². The van der Waals surface area contributed by atoms with Gasteiger partial charge in [0.05, 0.1) is 17.9 Å². The summed E-state index contributed by atoms with van der Waals surface area (Å²) < 4.78 is 11.7. The van der Waals surface area contributed by atoms with Crippen LogP contribution in [-0.4, -0.2) is 11.6 Å². The molecule has 0 atom stereocenters. The van der Waals surface area contributed by atoms with Crippen molar-refractivity contribution in [1.29, 1.82) is 0 Å². The summed E-state index contributed by atoms with van der Waals surface area (Å²) in [5.74, 6) is 8.25. The van der Waals surface area contributed by atoms with Gasteiger partial charge in [0.2, 0.25) is 5.89 Å². The van der Waals surface area contributed by atoms with Gasteiger partial charge >= 0.3 is 0 Å². The summed E-state index contributed by atoms with van der Waals surface area (Å²) in [5.41, 5.74) is 2.81. The highest BCUT2D eigenvalue weighted by Gasteiger charge is 2.11.